The smallest absolute Gasteiger partial charge is 0.124 e. The third kappa shape index (κ3) is 4.80. The lowest BCUT2D eigenvalue weighted by Gasteiger charge is -2.18. The lowest BCUT2D eigenvalue weighted by molar-refractivity contribution is 0.239. The summed E-state index contributed by atoms with van der Waals surface area (Å²) in [4.78, 5) is 1.25. The third-order valence-electron chi connectivity index (χ3n) is 3.13. The molecule has 1 atom stereocenters. The van der Waals surface area contributed by atoms with Crippen LogP contribution in [0.15, 0.2) is 53.4 Å². The quantitative estimate of drug-likeness (QED) is 0.794. The molecule has 0 aliphatic heterocycles. The van der Waals surface area contributed by atoms with Crippen LogP contribution in [-0.2, 0) is 0 Å². The molecule has 1 unspecified atom stereocenters. The van der Waals surface area contributed by atoms with Gasteiger partial charge < -0.3 is 10.5 Å². The fraction of sp³-hybridized carbons (Fsp3) is 0.333. The van der Waals surface area contributed by atoms with Gasteiger partial charge in [0.2, 0.25) is 0 Å². The normalized spacial score (nSPS) is 12.4. The average Bonchev–Trinajstić information content (AvgIpc) is 2.46. The number of nitrogens with two attached hydrogens (primary N) is 1. The molecule has 2 aromatic rings. The van der Waals surface area contributed by atoms with Gasteiger partial charge in [0.15, 0.2) is 0 Å². The predicted molar refractivity (Wildman–Crippen MR) is 91.0 cm³/mol. The van der Waals surface area contributed by atoms with Gasteiger partial charge in [-0.3, -0.25) is 0 Å². The average molecular weight is 301 g/mol. The number of rotatable bonds is 6. The van der Waals surface area contributed by atoms with Gasteiger partial charge in [-0.2, -0.15) is 0 Å². The van der Waals surface area contributed by atoms with Gasteiger partial charge in [0.05, 0.1) is 6.10 Å². The summed E-state index contributed by atoms with van der Waals surface area (Å²) in [5.41, 5.74) is 8.70. The van der Waals surface area contributed by atoms with Crippen LogP contribution in [0, 0.1) is 6.92 Å². The number of hydrogen-bond donors (Lipinski definition) is 1. The van der Waals surface area contributed by atoms with E-state index in [0.29, 0.717) is 0 Å². The molecule has 21 heavy (non-hydrogen) atoms. The lowest BCUT2D eigenvalue weighted by Crippen LogP contribution is -2.16. The van der Waals surface area contributed by atoms with E-state index in [0.717, 1.165) is 17.1 Å². The predicted octanol–water partition coefficient (Wildman–Crippen LogP) is 4.57. The monoisotopic (exact) mass is 301 g/mol. The molecule has 0 aliphatic carbocycles. The minimum Gasteiger partial charge on any atom is -0.491 e. The van der Waals surface area contributed by atoms with Crippen LogP contribution in [-0.4, -0.2) is 11.9 Å². The summed E-state index contributed by atoms with van der Waals surface area (Å²) in [6.45, 7) is 6.16. The molecule has 0 fully saturated rings. The van der Waals surface area contributed by atoms with Crippen molar-refractivity contribution in [2.75, 3.05) is 5.75 Å². The van der Waals surface area contributed by atoms with Gasteiger partial charge in [-0.1, -0.05) is 35.9 Å². The summed E-state index contributed by atoms with van der Waals surface area (Å²) < 4.78 is 5.84. The Balaban J connectivity index is 2.03. The molecule has 0 radical (unpaired) electrons. The Morgan fingerprint density at radius 3 is 2.38 bits per heavy atom. The number of benzene rings is 2. The maximum atomic E-state index is 6.35. The largest absolute Gasteiger partial charge is 0.491 e. The van der Waals surface area contributed by atoms with Gasteiger partial charge in [-0.15, -0.1) is 11.8 Å². The highest BCUT2D eigenvalue weighted by Crippen LogP contribution is 2.29. The van der Waals surface area contributed by atoms with Crippen LogP contribution < -0.4 is 10.5 Å². The lowest BCUT2D eigenvalue weighted by atomic mass is 10.1. The second kappa shape index (κ2) is 7.53. The highest BCUT2D eigenvalue weighted by Gasteiger charge is 2.13. The fourth-order valence-corrected chi connectivity index (χ4v) is 2.94. The van der Waals surface area contributed by atoms with Crippen molar-refractivity contribution in [1.82, 2.24) is 0 Å². The molecule has 0 aliphatic rings. The standard InChI is InChI=1S/C18H23NOS/c1-13(2)20-18-7-5-4-6-16(18)17(19)12-21-15-10-8-14(3)9-11-15/h4-11,13,17H,12,19H2,1-3H3. The van der Waals surface area contributed by atoms with Crippen molar-refractivity contribution in [2.45, 2.75) is 37.8 Å². The van der Waals surface area contributed by atoms with Crippen LogP contribution >= 0.6 is 11.8 Å². The first-order chi connectivity index (χ1) is 10.1. The van der Waals surface area contributed by atoms with E-state index < -0.39 is 0 Å². The topological polar surface area (TPSA) is 35.2 Å². The molecule has 0 saturated carbocycles. The van der Waals surface area contributed by atoms with Crippen LogP contribution in [0.5, 0.6) is 5.75 Å². The Morgan fingerprint density at radius 2 is 1.71 bits per heavy atom. The second-order valence-corrected chi connectivity index (χ2v) is 6.53. The van der Waals surface area contributed by atoms with E-state index in [4.69, 9.17) is 10.5 Å². The zero-order chi connectivity index (χ0) is 15.2. The molecule has 0 saturated heterocycles. The maximum absolute atomic E-state index is 6.35. The van der Waals surface area contributed by atoms with E-state index in [2.05, 4.69) is 37.3 Å². The van der Waals surface area contributed by atoms with E-state index in [1.165, 1.54) is 10.5 Å². The molecule has 112 valence electrons. The van der Waals surface area contributed by atoms with Crippen molar-refractivity contribution in [3.63, 3.8) is 0 Å². The zero-order valence-corrected chi connectivity index (χ0v) is 13.7. The molecular formula is C18H23NOS. The van der Waals surface area contributed by atoms with Gasteiger partial charge in [0, 0.05) is 22.3 Å². The summed E-state index contributed by atoms with van der Waals surface area (Å²) in [5, 5.41) is 0. The van der Waals surface area contributed by atoms with Crippen molar-refractivity contribution in [3.8, 4) is 5.75 Å². The molecule has 0 aromatic heterocycles. The minimum absolute atomic E-state index is 0.0359. The summed E-state index contributed by atoms with van der Waals surface area (Å²) in [7, 11) is 0. The van der Waals surface area contributed by atoms with E-state index in [-0.39, 0.29) is 12.1 Å². The van der Waals surface area contributed by atoms with Gasteiger partial charge in [-0.05, 0) is 39.0 Å². The van der Waals surface area contributed by atoms with Crippen LogP contribution in [0.1, 0.15) is 31.0 Å². The maximum Gasteiger partial charge on any atom is 0.124 e. The van der Waals surface area contributed by atoms with E-state index in [1.54, 1.807) is 11.8 Å². The van der Waals surface area contributed by atoms with E-state index in [1.807, 2.05) is 32.0 Å². The fourth-order valence-electron chi connectivity index (χ4n) is 2.06. The summed E-state index contributed by atoms with van der Waals surface area (Å²) in [5.74, 6) is 1.73. The number of thioether (sulfide) groups is 1. The molecule has 2 N–H and O–H groups in total. The molecule has 2 nitrogen and oxygen atoms in total. The first-order valence-electron chi connectivity index (χ1n) is 7.27. The molecule has 0 heterocycles. The van der Waals surface area contributed by atoms with Crippen molar-refractivity contribution in [1.29, 1.82) is 0 Å². The molecule has 0 spiro atoms. The minimum atomic E-state index is -0.0359. The first kappa shape index (κ1) is 15.9. The number of para-hydroxylation sites is 1. The van der Waals surface area contributed by atoms with E-state index in [9.17, 15) is 0 Å². The van der Waals surface area contributed by atoms with E-state index >= 15 is 0 Å². The van der Waals surface area contributed by atoms with Crippen LogP contribution in [0.3, 0.4) is 0 Å². The molecular weight excluding hydrogens is 278 g/mol. The molecule has 2 rings (SSSR count). The zero-order valence-electron chi connectivity index (χ0n) is 12.9. The Morgan fingerprint density at radius 1 is 1.05 bits per heavy atom. The second-order valence-electron chi connectivity index (χ2n) is 5.43. The third-order valence-corrected chi connectivity index (χ3v) is 4.26. The summed E-state index contributed by atoms with van der Waals surface area (Å²) in [6.07, 6.45) is 0.156. The van der Waals surface area contributed by atoms with Gasteiger partial charge in [-0.25, -0.2) is 0 Å². The van der Waals surface area contributed by atoms with Gasteiger partial charge in [0.1, 0.15) is 5.75 Å². The van der Waals surface area contributed by atoms with Crippen LogP contribution in [0.25, 0.3) is 0 Å². The highest BCUT2D eigenvalue weighted by molar-refractivity contribution is 7.99. The molecule has 2 aromatic carbocycles. The van der Waals surface area contributed by atoms with Gasteiger partial charge in [0.25, 0.3) is 0 Å². The van der Waals surface area contributed by atoms with Crippen molar-refractivity contribution >= 4 is 11.8 Å². The Kier molecular flexibility index (Phi) is 5.71. The van der Waals surface area contributed by atoms with Crippen molar-refractivity contribution in [2.24, 2.45) is 5.73 Å². The summed E-state index contributed by atoms with van der Waals surface area (Å²) in [6, 6.07) is 16.6. The molecule has 0 bridgehead atoms. The number of hydrogen-bond acceptors (Lipinski definition) is 3. The molecule has 3 heteroatoms. The highest BCUT2D eigenvalue weighted by atomic mass is 32.2. The van der Waals surface area contributed by atoms with Crippen molar-refractivity contribution in [3.05, 3.63) is 59.7 Å². The van der Waals surface area contributed by atoms with Crippen LogP contribution in [0.4, 0.5) is 0 Å². The Bertz CT molecular complexity index is 566. The Hall–Kier alpha value is -1.45. The van der Waals surface area contributed by atoms with Gasteiger partial charge >= 0.3 is 0 Å². The first-order valence-corrected chi connectivity index (χ1v) is 8.25. The number of aryl methyl sites for hydroxylation is 1. The SMILES string of the molecule is Cc1ccc(SCC(N)c2ccccc2OC(C)C)cc1. The number of ether oxygens (including phenoxy) is 1. The Labute approximate surface area is 131 Å². The van der Waals surface area contributed by atoms with Crippen LogP contribution in [0.2, 0.25) is 0 Å². The van der Waals surface area contributed by atoms with Crippen molar-refractivity contribution < 1.29 is 4.74 Å². The molecule has 0 amide bonds. The summed E-state index contributed by atoms with van der Waals surface area (Å²) >= 11 is 1.78.